The van der Waals surface area contributed by atoms with Crippen LogP contribution < -0.4 is 5.32 Å². The molecule has 2 heteroatoms. The Morgan fingerprint density at radius 1 is 1.39 bits per heavy atom. The van der Waals surface area contributed by atoms with Gasteiger partial charge in [-0.1, -0.05) is 35.0 Å². The van der Waals surface area contributed by atoms with Gasteiger partial charge in [0.15, 0.2) is 0 Å². The largest absolute Gasteiger partial charge is 0.310 e. The minimum atomic E-state index is 0.406. The molecule has 1 aromatic carbocycles. The van der Waals surface area contributed by atoms with Crippen LogP contribution in [-0.2, 0) is 0 Å². The second-order valence-electron chi connectivity index (χ2n) is 4.43. The van der Waals surface area contributed by atoms with Gasteiger partial charge in [0.1, 0.15) is 0 Å². The van der Waals surface area contributed by atoms with Gasteiger partial charge in [0, 0.05) is 16.9 Å². The summed E-state index contributed by atoms with van der Waals surface area (Å²) in [6.45, 7) is 7.32. The predicted octanol–water partition coefficient (Wildman–Crippen LogP) is 4.60. The van der Waals surface area contributed by atoms with Crippen molar-refractivity contribution in [2.45, 2.75) is 46.1 Å². The molecule has 0 aliphatic carbocycles. The van der Waals surface area contributed by atoms with E-state index in [-0.39, 0.29) is 0 Å². The molecule has 0 saturated carbocycles. The van der Waals surface area contributed by atoms with Crippen LogP contribution in [0.4, 0.5) is 0 Å². The molecular weight excluding hydrogens is 286 g/mol. The van der Waals surface area contributed by atoms with Crippen molar-refractivity contribution in [1.29, 1.82) is 0 Å². The zero-order chi connectivity index (χ0) is 13.4. The van der Waals surface area contributed by atoms with Crippen LogP contribution in [-0.4, -0.2) is 6.54 Å². The van der Waals surface area contributed by atoms with Crippen molar-refractivity contribution >= 4 is 15.9 Å². The average molecular weight is 308 g/mol. The van der Waals surface area contributed by atoms with Gasteiger partial charge in [0.2, 0.25) is 0 Å². The summed E-state index contributed by atoms with van der Waals surface area (Å²) in [5.41, 5.74) is 2.71. The molecule has 1 atom stereocenters. The predicted molar refractivity (Wildman–Crippen MR) is 82.6 cm³/mol. The third-order valence-electron chi connectivity index (χ3n) is 3.06. The summed E-state index contributed by atoms with van der Waals surface area (Å²) < 4.78 is 1.19. The van der Waals surface area contributed by atoms with Gasteiger partial charge in [-0.15, -0.1) is 11.8 Å². The van der Waals surface area contributed by atoms with Gasteiger partial charge >= 0.3 is 0 Å². The van der Waals surface area contributed by atoms with Gasteiger partial charge in [-0.25, -0.2) is 0 Å². The first-order valence-electron chi connectivity index (χ1n) is 6.58. The molecule has 0 amide bonds. The Bertz CT molecular complexity index is 428. The van der Waals surface area contributed by atoms with E-state index in [9.17, 15) is 0 Å². The SMILES string of the molecule is CC#CCCC(NCCC)c1cccc(Br)c1C. The van der Waals surface area contributed by atoms with Crippen LogP contribution >= 0.6 is 15.9 Å². The second kappa shape index (κ2) is 8.34. The number of halogens is 1. The lowest BCUT2D eigenvalue weighted by Gasteiger charge is -2.20. The Hall–Kier alpha value is -0.780. The minimum Gasteiger partial charge on any atom is -0.310 e. The van der Waals surface area contributed by atoms with E-state index in [1.54, 1.807) is 0 Å². The van der Waals surface area contributed by atoms with E-state index < -0.39 is 0 Å². The Morgan fingerprint density at radius 2 is 2.17 bits per heavy atom. The fourth-order valence-electron chi connectivity index (χ4n) is 2.03. The van der Waals surface area contributed by atoms with Gasteiger partial charge in [0.25, 0.3) is 0 Å². The molecule has 1 aromatic rings. The number of hydrogen-bond donors (Lipinski definition) is 1. The Balaban J connectivity index is 2.85. The van der Waals surface area contributed by atoms with Crippen molar-refractivity contribution in [3.05, 3.63) is 33.8 Å². The quantitative estimate of drug-likeness (QED) is 0.757. The highest BCUT2D eigenvalue weighted by Crippen LogP contribution is 2.27. The Morgan fingerprint density at radius 3 is 2.83 bits per heavy atom. The summed E-state index contributed by atoms with van der Waals surface area (Å²) in [5.74, 6) is 6.13. The average Bonchev–Trinajstić information content (AvgIpc) is 2.37. The second-order valence-corrected chi connectivity index (χ2v) is 5.28. The van der Waals surface area contributed by atoms with Crippen molar-refractivity contribution in [3.63, 3.8) is 0 Å². The van der Waals surface area contributed by atoms with E-state index >= 15 is 0 Å². The molecule has 0 heterocycles. The van der Waals surface area contributed by atoms with Crippen LogP contribution in [0.25, 0.3) is 0 Å². The van der Waals surface area contributed by atoms with Crippen molar-refractivity contribution < 1.29 is 0 Å². The molecule has 0 spiro atoms. The smallest absolute Gasteiger partial charge is 0.0332 e. The summed E-state index contributed by atoms with van der Waals surface area (Å²) in [7, 11) is 0. The van der Waals surface area contributed by atoms with Crippen LogP contribution in [0, 0.1) is 18.8 Å². The molecule has 18 heavy (non-hydrogen) atoms. The van der Waals surface area contributed by atoms with Crippen LogP contribution in [0.1, 0.15) is 50.3 Å². The molecule has 0 radical (unpaired) electrons. The van der Waals surface area contributed by atoms with Crippen LogP contribution in [0.5, 0.6) is 0 Å². The molecular formula is C16H22BrN. The molecule has 0 fully saturated rings. The fraction of sp³-hybridized carbons (Fsp3) is 0.500. The number of nitrogens with one attached hydrogen (secondary N) is 1. The maximum Gasteiger partial charge on any atom is 0.0332 e. The van der Waals surface area contributed by atoms with E-state index in [2.05, 4.69) is 65.1 Å². The molecule has 1 nitrogen and oxygen atoms in total. The lowest BCUT2D eigenvalue weighted by atomic mass is 9.97. The number of hydrogen-bond acceptors (Lipinski definition) is 1. The summed E-state index contributed by atoms with van der Waals surface area (Å²) in [4.78, 5) is 0. The minimum absolute atomic E-state index is 0.406. The first-order chi connectivity index (χ1) is 8.70. The molecule has 0 aliphatic rings. The first-order valence-corrected chi connectivity index (χ1v) is 7.38. The highest BCUT2D eigenvalue weighted by atomic mass is 79.9. The summed E-state index contributed by atoms with van der Waals surface area (Å²) in [5, 5.41) is 3.62. The van der Waals surface area contributed by atoms with E-state index in [1.165, 1.54) is 15.6 Å². The summed E-state index contributed by atoms with van der Waals surface area (Å²) >= 11 is 3.61. The van der Waals surface area contributed by atoms with Crippen LogP contribution in [0.3, 0.4) is 0 Å². The Labute approximate surface area is 119 Å². The van der Waals surface area contributed by atoms with Gasteiger partial charge in [0.05, 0.1) is 0 Å². The van der Waals surface area contributed by atoms with Crippen molar-refractivity contribution in [2.24, 2.45) is 0 Å². The lowest BCUT2D eigenvalue weighted by molar-refractivity contribution is 0.503. The van der Waals surface area contributed by atoms with Crippen molar-refractivity contribution in [3.8, 4) is 11.8 Å². The standard InChI is InChI=1S/C16H22BrN/c1-4-6-7-11-16(18-12-5-2)14-9-8-10-15(17)13(14)3/h8-10,16,18H,5,7,11-12H2,1-3H3. The molecule has 1 unspecified atom stereocenters. The zero-order valence-corrected chi connectivity index (χ0v) is 13.1. The van der Waals surface area contributed by atoms with Gasteiger partial charge in [-0.2, -0.15) is 0 Å². The van der Waals surface area contributed by atoms with Crippen LogP contribution in [0.15, 0.2) is 22.7 Å². The highest BCUT2D eigenvalue weighted by molar-refractivity contribution is 9.10. The van der Waals surface area contributed by atoms with E-state index in [1.807, 2.05) is 6.92 Å². The van der Waals surface area contributed by atoms with Gasteiger partial charge in [-0.3, -0.25) is 0 Å². The topological polar surface area (TPSA) is 12.0 Å². The third-order valence-corrected chi connectivity index (χ3v) is 3.92. The lowest BCUT2D eigenvalue weighted by Crippen LogP contribution is -2.22. The molecule has 1 rings (SSSR count). The van der Waals surface area contributed by atoms with Crippen molar-refractivity contribution in [1.82, 2.24) is 5.32 Å². The fourth-order valence-corrected chi connectivity index (χ4v) is 2.41. The Kier molecular flexibility index (Phi) is 7.08. The first kappa shape index (κ1) is 15.3. The highest BCUT2D eigenvalue weighted by Gasteiger charge is 2.13. The summed E-state index contributed by atoms with van der Waals surface area (Å²) in [6, 6.07) is 6.83. The normalized spacial score (nSPS) is 11.8. The number of rotatable bonds is 6. The molecule has 98 valence electrons. The van der Waals surface area contributed by atoms with Crippen molar-refractivity contribution in [2.75, 3.05) is 6.54 Å². The monoisotopic (exact) mass is 307 g/mol. The van der Waals surface area contributed by atoms with Gasteiger partial charge < -0.3 is 5.32 Å². The van der Waals surface area contributed by atoms with E-state index in [0.29, 0.717) is 6.04 Å². The molecule has 1 N–H and O–H groups in total. The maximum absolute atomic E-state index is 3.62. The summed E-state index contributed by atoms with van der Waals surface area (Å²) in [6.07, 6.45) is 3.17. The molecule has 0 aliphatic heterocycles. The molecule has 0 bridgehead atoms. The maximum atomic E-state index is 3.62. The molecule has 0 saturated heterocycles. The van der Waals surface area contributed by atoms with E-state index in [0.717, 1.165) is 25.8 Å². The third kappa shape index (κ3) is 4.48. The van der Waals surface area contributed by atoms with Gasteiger partial charge in [-0.05, 0) is 50.4 Å². The number of benzene rings is 1. The molecule has 0 aromatic heterocycles. The van der Waals surface area contributed by atoms with Crippen LogP contribution in [0.2, 0.25) is 0 Å². The van der Waals surface area contributed by atoms with E-state index in [4.69, 9.17) is 0 Å². The zero-order valence-electron chi connectivity index (χ0n) is 11.5.